The lowest BCUT2D eigenvalue weighted by Gasteiger charge is -2.41. The molecular formula is C16H22NO5S+. The van der Waals surface area contributed by atoms with E-state index in [1.165, 1.54) is 26.0 Å². The van der Waals surface area contributed by atoms with Gasteiger partial charge in [-0.25, -0.2) is 0 Å². The molecule has 0 N–H and O–H groups in total. The lowest BCUT2D eigenvalue weighted by atomic mass is 9.86. The van der Waals surface area contributed by atoms with Gasteiger partial charge in [0, 0.05) is 25.7 Å². The van der Waals surface area contributed by atoms with E-state index in [0.29, 0.717) is 19.4 Å². The minimum absolute atomic E-state index is 0.0217. The molecule has 1 aromatic carbocycles. The molecule has 126 valence electrons. The van der Waals surface area contributed by atoms with Crippen molar-refractivity contribution in [1.82, 2.24) is 0 Å². The largest absolute Gasteiger partial charge is 0.342 e. The van der Waals surface area contributed by atoms with Crippen molar-refractivity contribution in [3.05, 3.63) is 30.3 Å². The van der Waals surface area contributed by atoms with Crippen LogP contribution in [0.3, 0.4) is 0 Å². The van der Waals surface area contributed by atoms with Crippen molar-refractivity contribution in [3.63, 3.8) is 0 Å². The second-order valence-electron chi connectivity index (χ2n) is 6.20. The van der Waals surface area contributed by atoms with Gasteiger partial charge >= 0.3 is 10.1 Å². The van der Waals surface area contributed by atoms with Crippen molar-refractivity contribution in [2.75, 3.05) is 13.6 Å². The van der Waals surface area contributed by atoms with E-state index in [1.54, 1.807) is 25.2 Å². The summed E-state index contributed by atoms with van der Waals surface area (Å²) in [7, 11) is -2.40. The van der Waals surface area contributed by atoms with Gasteiger partial charge in [-0.15, -0.1) is 0 Å². The first-order valence-electron chi connectivity index (χ1n) is 7.53. The van der Waals surface area contributed by atoms with Crippen LogP contribution in [0.2, 0.25) is 0 Å². The van der Waals surface area contributed by atoms with Crippen LogP contribution in [-0.2, 0) is 24.0 Å². The predicted octanol–water partition coefficient (Wildman–Crippen LogP) is 1.71. The van der Waals surface area contributed by atoms with E-state index >= 15 is 0 Å². The first kappa shape index (κ1) is 17.8. The van der Waals surface area contributed by atoms with Gasteiger partial charge in [0.1, 0.15) is 19.4 Å². The summed E-state index contributed by atoms with van der Waals surface area (Å²) in [6, 6.07) is 7.17. The highest BCUT2D eigenvalue weighted by Crippen LogP contribution is 2.32. The summed E-state index contributed by atoms with van der Waals surface area (Å²) in [5.74, 6) is -0.381. The molecule has 1 heterocycles. The Labute approximate surface area is 136 Å². The Morgan fingerprint density at radius 2 is 1.74 bits per heavy atom. The lowest BCUT2D eigenvalue weighted by Crippen LogP contribution is -2.60. The maximum Gasteiger partial charge on any atom is 0.342 e. The zero-order chi connectivity index (χ0) is 17.3. The van der Waals surface area contributed by atoms with Crippen LogP contribution < -0.4 is 0 Å². The molecule has 1 aliphatic rings. The summed E-state index contributed by atoms with van der Waals surface area (Å²) < 4.78 is 30.0. The molecule has 6 nitrogen and oxygen atoms in total. The van der Waals surface area contributed by atoms with Crippen molar-refractivity contribution >= 4 is 21.7 Å². The van der Waals surface area contributed by atoms with Crippen LogP contribution in [0.1, 0.15) is 26.7 Å². The predicted molar refractivity (Wildman–Crippen MR) is 83.6 cm³/mol. The summed E-state index contributed by atoms with van der Waals surface area (Å²) >= 11 is 0. The number of nitrogens with zero attached hydrogens (tertiary/aromatic N) is 1. The van der Waals surface area contributed by atoms with Crippen LogP contribution in [0.4, 0.5) is 0 Å². The monoisotopic (exact) mass is 340 g/mol. The summed E-state index contributed by atoms with van der Waals surface area (Å²) in [6.45, 7) is 3.20. The number of benzene rings is 1. The Balaban J connectivity index is 2.29. The molecule has 1 fully saturated rings. The van der Waals surface area contributed by atoms with Crippen LogP contribution in [0, 0.1) is 5.92 Å². The molecule has 1 saturated heterocycles. The van der Waals surface area contributed by atoms with Gasteiger partial charge in [-0.1, -0.05) is 22.5 Å². The van der Waals surface area contributed by atoms with Gasteiger partial charge in [-0.2, -0.15) is 13.1 Å². The van der Waals surface area contributed by atoms with E-state index in [0.717, 1.165) is 0 Å². The van der Waals surface area contributed by atoms with E-state index in [4.69, 9.17) is 4.28 Å². The van der Waals surface area contributed by atoms with Gasteiger partial charge in [-0.3, -0.25) is 9.59 Å². The van der Waals surface area contributed by atoms with Crippen LogP contribution in [-0.4, -0.2) is 44.3 Å². The van der Waals surface area contributed by atoms with Crippen molar-refractivity contribution in [2.24, 2.45) is 5.92 Å². The quantitative estimate of drug-likeness (QED) is 0.763. The number of hydroxylamine groups is 3. The van der Waals surface area contributed by atoms with Crippen molar-refractivity contribution in [3.8, 4) is 0 Å². The number of Topliss-reactive ketones (excluding diaryl/α,β-unsaturated/α-hetero) is 2. The lowest BCUT2D eigenvalue weighted by molar-refractivity contribution is -1.08. The van der Waals surface area contributed by atoms with Gasteiger partial charge < -0.3 is 0 Å². The number of piperidine rings is 1. The Morgan fingerprint density at radius 1 is 1.13 bits per heavy atom. The van der Waals surface area contributed by atoms with Gasteiger partial charge in [0.15, 0.2) is 11.8 Å². The third-order valence-corrected chi connectivity index (χ3v) is 5.82. The molecule has 0 amide bonds. The molecule has 7 heteroatoms. The molecule has 2 rings (SSSR count). The standard InChI is InChI=1S/C16H22NO5S/c1-12(18)14-9-10-17(3,16(11-14)13(2)19)22-23(20,21)15-7-5-4-6-8-15/h4-8,14,16H,9-11H2,1-3H3/q+1. The molecule has 23 heavy (non-hydrogen) atoms. The van der Waals surface area contributed by atoms with Crippen LogP contribution in [0.15, 0.2) is 35.2 Å². The highest BCUT2D eigenvalue weighted by Gasteiger charge is 2.48. The average molecular weight is 340 g/mol. The van der Waals surface area contributed by atoms with Gasteiger partial charge in [0.2, 0.25) is 0 Å². The number of rotatable bonds is 5. The molecule has 0 aliphatic carbocycles. The molecule has 3 unspecified atom stereocenters. The summed E-state index contributed by atoms with van der Waals surface area (Å²) in [4.78, 5) is 23.7. The summed E-state index contributed by atoms with van der Waals surface area (Å²) in [5, 5.41) is 0. The molecule has 0 spiro atoms. The normalized spacial score (nSPS) is 28.3. The van der Waals surface area contributed by atoms with Crippen LogP contribution in [0.5, 0.6) is 0 Å². The average Bonchev–Trinajstić information content (AvgIpc) is 2.47. The number of ketones is 2. The topological polar surface area (TPSA) is 77.5 Å². The van der Waals surface area contributed by atoms with Crippen LogP contribution >= 0.6 is 0 Å². The Morgan fingerprint density at radius 3 is 2.26 bits per heavy atom. The number of hydrogen-bond acceptors (Lipinski definition) is 5. The third-order valence-electron chi connectivity index (χ3n) is 4.43. The summed E-state index contributed by atoms with van der Waals surface area (Å²) in [5.41, 5.74) is 0. The smallest absolute Gasteiger partial charge is 0.300 e. The second-order valence-corrected chi connectivity index (χ2v) is 7.73. The molecule has 1 aromatic rings. The van der Waals surface area contributed by atoms with Crippen LogP contribution in [0.25, 0.3) is 0 Å². The van der Waals surface area contributed by atoms with Gasteiger partial charge in [-0.05, 0) is 19.1 Å². The van der Waals surface area contributed by atoms with E-state index in [9.17, 15) is 18.0 Å². The first-order chi connectivity index (χ1) is 10.7. The van der Waals surface area contributed by atoms with Gasteiger partial charge in [0.05, 0.1) is 4.90 Å². The van der Waals surface area contributed by atoms with E-state index in [1.807, 2.05) is 0 Å². The maximum atomic E-state index is 12.5. The fourth-order valence-electron chi connectivity index (χ4n) is 3.04. The SMILES string of the molecule is CC(=O)C1CC[N+](C)(OS(=O)(=O)c2ccccc2)C(C(C)=O)C1. The third kappa shape index (κ3) is 3.85. The fraction of sp³-hybridized carbons (Fsp3) is 0.500. The number of quaternary nitrogens is 1. The Kier molecular flexibility index (Phi) is 5.03. The van der Waals surface area contributed by atoms with Crippen molar-refractivity contribution in [2.45, 2.75) is 37.6 Å². The summed E-state index contributed by atoms with van der Waals surface area (Å²) in [6.07, 6.45) is 0.811. The highest BCUT2D eigenvalue weighted by molar-refractivity contribution is 7.86. The molecule has 0 bridgehead atoms. The Hall–Kier alpha value is -1.57. The molecule has 0 saturated carbocycles. The number of likely N-dealkylation sites (N-methyl/N-ethyl adjacent to an activating group) is 1. The van der Waals surface area contributed by atoms with E-state index in [2.05, 4.69) is 0 Å². The van der Waals surface area contributed by atoms with E-state index in [-0.39, 0.29) is 27.0 Å². The molecule has 1 aliphatic heterocycles. The Bertz CT molecular complexity index is 700. The number of hydrogen-bond donors (Lipinski definition) is 0. The highest BCUT2D eigenvalue weighted by atomic mass is 32.2. The number of carbonyl (C=O) groups excluding carboxylic acids is 2. The van der Waals surface area contributed by atoms with Crippen molar-refractivity contribution < 1.29 is 26.9 Å². The second kappa shape index (κ2) is 6.51. The number of likely N-dealkylation sites (tertiary alicyclic amines) is 1. The fourth-order valence-corrected chi connectivity index (χ4v) is 4.24. The van der Waals surface area contributed by atoms with Gasteiger partial charge in [0.25, 0.3) is 0 Å². The molecule has 3 atom stereocenters. The zero-order valence-corrected chi connectivity index (χ0v) is 14.4. The molecule has 0 aromatic heterocycles. The molecular weight excluding hydrogens is 318 g/mol. The maximum absolute atomic E-state index is 12.5. The minimum Gasteiger partial charge on any atom is -0.300 e. The molecule has 0 radical (unpaired) electrons. The minimum atomic E-state index is -3.99. The number of carbonyl (C=O) groups is 2. The zero-order valence-electron chi connectivity index (χ0n) is 13.6. The van der Waals surface area contributed by atoms with E-state index < -0.39 is 16.2 Å². The van der Waals surface area contributed by atoms with Crippen molar-refractivity contribution in [1.29, 1.82) is 0 Å². The first-order valence-corrected chi connectivity index (χ1v) is 8.94.